The Balaban J connectivity index is 2.11. The molecule has 0 saturated carbocycles. The van der Waals surface area contributed by atoms with Crippen LogP contribution in [-0.2, 0) is 4.74 Å². The standard InChI is InChI=1S/C14H12N2O5/c1-2-20-14(17)10-3-5-12(6-4-10)21-13-9-11(16(18)19)7-8-15-13/h3-9H,2H2,1H3. The van der Waals surface area contributed by atoms with Crippen molar-refractivity contribution in [1.82, 2.24) is 4.98 Å². The molecule has 0 aliphatic rings. The normalized spacial score (nSPS) is 9.95. The number of carbonyl (C=O) groups excluding carboxylic acids is 1. The van der Waals surface area contributed by atoms with Gasteiger partial charge in [-0.1, -0.05) is 0 Å². The fraction of sp³-hybridized carbons (Fsp3) is 0.143. The maximum Gasteiger partial charge on any atom is 0.338 e. The van der Waals surface area contributed by atoms with E-state index in [2.05, 4.69) is 4.98 Å². The minimum atomic E-state index is -0.529. The molecule has 0 bridgehead atoms. The van der Waals surface area contributed by atoms with E-state index < -0.39 is 10.9 Å². The van der Waals surface area contributed by atoms with E-state index >= 15 is 0 Å². The molecule has 0 fully saturated rings. The number of rotatable bonds is 5. The Hall–Kier alpha value is -2.96. The maximum absolute atomic E-state index is 11.5. The number of aromatic nitrogens is 1. The van der Waals surface area contributed by atoms with Gasteiger partial charge in [-0.3, -0.25) is 10.1 Å². The molecule has 0 N–H and O–H groups in total. The van der Waals surface area contributed by atoms with E-state index in [1.807, 2.05) is 0 Å². The van der Waals surface area contributed by atoms with Gasteiger partial charge in [0, 0.05) is 12.3 Å². The second-order valence-electron chi connectivity index (χ2n) is 3.96. The van der Waals surface area contributed by atoms with E-state index in [9.17, 15) is 14.9 Å². The summed E-state index contributed by atoms with van der Waals surface area (Å²) < 4.78 is 10.3. The summed E-state index contributed by atoms with van der Waals surface area (Å²) in [5, 5.41) is 10.7. The fourth-order valence-corrected chi connectivity index (χ4v) is 1.56. The molecule has 0 radical (unpaired) electrons. The van der Waals surface area contributed by atoms with Gasteiger partial charge in [-0.2, -0.15) is 0 Å². The number of carbonyl (C=O) groups is 1. The largest absolute Gasteiger partial charge is 0.462 e. The van der Waals surface area contributed by atoms with E-state index in [1.54, 1.807) is 31.2 Å². The quantitative estimate of drug-likeness (QED) is 0.477. The summed E-state index contributed by atoms with van der Waals surface area (Å²) in [4.78, 5) is 25.5. The average Bonchev–Trinajstić information content (AvgIpc) is 2.48. The van der Waals surface area contributed by atoms with Crippen LogP contribution in [0.3, 0.4) is 0 Å². The third-order valence-corrected chi connectivity index (χ3v) is 2.52. The highest BCUT2D eigenvalue weighted by atomic mass is 16.6. The van der Waals surface area contributed by atoms with Crippen LogP contribution in [0.2, 0.25) is 0 Å². The number of hydrogen-bond donors (Lipinski definition) is 0. The smallest absolute Gasteiger partial charge is 0.338 e. The lowest BCUT2D eigenvalue weighted by Gasteiger charge is -2.05. The number of esters is 1. The van der Waals surface area contributed by atoms with Crippen molar-refractivity contribution in [3.63, 3.8) is 0 Å². The van der Waals surface area contributed by atoms with E-state index in [0.717, 1.165) is 0 Å². The number of hydrogen-bond acceptors (Lipinski definition) is 6. The van der Waals surface area contributed by atoms with Gasteiger partial charge in [-0.25, -0.2) is 9.78 Å². The van der Waals surface area contributed by atoms with Gasteiger partial charge in [0.1, 0.15) is 5.75 Å². The zero-order chi connectivity index (χ0) is 15.2. The minimum absolute atomic E-state index is 0.105. The van der Waals surface area contributed by atoms with Crippen LogP contribution in [0, 0.1) is 10.1 Å². The van der Waals surface area contributed by atoms with Crippen molar-refractivity contribution in [2.45, 2.75) is 6.92 Å². The van der Waals surface area contributed by atoms with Crippen LogP contribution in [0.4, 0.5) is 5.69 Å². The van der Waals surface area contributed by atoms with Gasteiger partial charge in [-0.05, 0) is 31.2 Å². The highest BCUT2D eigenvalue weighted by Gasteiger charge is 2.09. The van der Waals surface area contributed by atoms with Gasteiger partial charge in [-0.15, -0.1) is 0 Å². The van der Waals surface area contributed by atoms with Crippen LogP contribution >= 0.6 is 0 Å². The molecule has 0 aliphatic carbocycles. The molecule has 7 heteroatoms. The number of pyridine rings is 1. The summed E-state index contributed by atoms with van der Waals surface area (Å²) in [5.41, 5.74) is 0.291. The molecule has 108 valence electrons. The van der Waals surface area contributed by atoms with E-state index in [0.29, 0.717) is 17.9 Å². The van der Waals surface area contributed by atoms with Crippen LogP contribution in [0.5, 0.6) is 11.6 Å². The molecular formula is C14H12N2O5. The summed E-state index contributed by atoms with van der Waals surface area (Å²) in [6, 6.07) is 8.71. The van der Waals surface area contributed by atoms with Crippen molar-refractivity contribution >= 4 is 11.7 Å². The Kier molecular flexibility index (Phi) is 4.45. The first kappa shape index (κ1) is 14.4. The molecule has 21 heavy (non-hydrogen) atoms. The Labute approximate surface area is 120 Å². The Morgan fingerprint density at radius 2 is 2.00 bits per heavy atom. The average molecular weight is 288 g/mol. The summed E-state index contributed by atoms with van der Waals surface area (Å²) in [5.74, 6) is 0.0988. The lowest BCUT2D eigenvalue weighted by atomic mass is 10.2. The molecule has 0 atom stereocenters. The molecule has 2 rings (SSSR count). The fourth-order valence-electron chi connectivity index (χ4n) is 1.56. The summed E-state index contributed by atoms with van der Waals surface area (Å²) in [6.07, 6.45) is 1.29. The third-order valence-electron chi connectivity index (χ3n) is 2.52. The zero-order valence-electron chi connectivity index (χ0n) is 11.2. The van der Waals surface area contributed by atoms with Crippen LogP contribution in [0.25, 0.3) is 0 Å². The maximum atomic E-state index is 11.5. The van der Waals surface area contributed by atoms with E-state index in [4.69, 9.17) is 9.47 Å². The number of benzene rings is 1. The molecule has 0 saturated heterocycles. The van der Waals surface area contributed by atoms with Gasteiger partial charge in [0.15, 0.2) is 0 Å². The van der Waals surface area contributed by atoms with Gasteiger partial charge in [0.05, 0.1) is 23.2 Å². The Morgan fingerprint density at radius 1 is 1.29 bits per heavy atom. The first-order valence-corrected chi connectivity index (χ1v) is 6.15. The molecule has 0 unspecified atom stereocenters. The van der Waals surface area contributed by atoms with Crippen LogP contribution < -0.4 is 4.74 Å². The molecule has 0 amide bonds. The predicted molar refractivity (Wildman–Crippen MR) is 73.4 cm³/mol. The van der Waals surface area contributed by atoms with Crippen LogP contribution in [-0.4, -0.2) is 22.5 Å². The van der Waals surface area contributed by atoms with Gasteiger partial charge >= 0.3 is 5.97 Å². The van der Waals surface area contributed by atoms with Crippen molar-refractivity contribution in [1.29, 1.82) is 0 Å². The second-order valence-corrected chi connectivity index (χ2v) is 3.96. The van der Waals surface area contributed by atoms with Gasteiger partial charge in [0.2, 0.25) is 5.88 Å². The van der Waals surface area contributed by atoms with Crippen LogP contribution in [0.1, 0.15) is 17.3 Å². The van der Waals surface area contributed by atoms with Crippen LogP contribution in [0.15, 0.2) is 42.6 Å². The minimum Gasteiger partial charge on any atom is -0.462 e. The van der Waals surface area contributed by atoms with Crippen molar-refractivity contribution in [3.05, 3.63) is 58.3 Å². The highest BCUT2D eigenvalue weighted by molar-refractivity contribution is 5.89. The lowest BCUT2D eigenvalue weighted by Crippen LogP contribution is -2.04. The Morgan fingerprint density at radius 3 is 2.62 bits per heavy atom. The number of ether oxygens (including phenoxy) is 2. The zero-order valence-corrected chi connectivity index (χ0v) is 11.2. The molecule has 1 heterocycles. The first-order chi connectivity index (χ1) is 10.1. The lowest BCUT2D eigenvalue weighted by molar-refractivity contribution is -0.385. The van der Waals surface area contributed by atoms with Crippen molar-refractivity contribution in [3.8, 4) is 11.6 Å². The summed E-state index contributed by atoms with van der Waals surface area (Å²) >= 11 is 0. The summed E-state index contributed by atoms with van der Waals surface area (Å²) in [7, 11) is 0. The van der Waals surface area contributed by atoms with Gasteiger partial charge in [0.25, 0.3) is 5.69 Å². The second kappa shape index (κ2) is 6.47. The monoisotopic (exact) mass is 288 g/mol. The van der Waals surface area contributed by atoms with Gasteiger partial charge < -0.3 is 9.47 Å². The molecule has 0 aliphatic heterocycles. The number of nitro groups is 1. The SMILES string of the molecule is CCOC(=O)c1ccc(Oc2cc([N+](=O)[O-])ccn2)cc1. The van der Waals surface area contributed by atoms with Crippen molar-refractivity contribution < 1.29 is 19.2 Å². The number of nitrogens with zero attached hydrogens (tertiary/aromatic N) is 2. The molecule has 1 aromatic carbocycles. The predicted octanol–water partition coefficient (Wildman–Crippen LogP) is 2.96. The first-order valence-electron chi connectivity index (χ1n) is 6.15. The third kappa shape index (κ3) is 3.75. The molecule has 2 aromatic rings. The summed E-state index contributed by atoms with van der Waals surface area (Å²) in [6.45, 7) is 2.03. The molecular weight excluding hydrogens is 276 g/mol. The Bertz CT molecular complexity index is 655. The van der Waals surface area contributed by atoms with Crippen molar-refractivity contribution in [2.75, 3.05) is 6.61 Å². The van der Waals surface area contributed by atoms with E-state index in [-0.39, 0.29) is 11.6 Å². The molecule has 1 aromatic heterocycles. The highest BCUT2D eigenvalue weighted by Crippen LogP contribution is 2.23. The topological polar surface area (TPSA) is 91.6 Å². The molecule has 0 spiro atoms. The molecule has 7 nitrogen and oxygen atoms in total. The van der Waals surface area contributed by atoms with E-state index in [1.165, 1.54) is 18.3 Å². The van der Waals surface area contributed by atoms with Crippen molar-refractivity contribution in [2.24, 2.45) is 0 Å².